The predicted molar refractivity (Wildman–Crippen MR) is 93.7 cm³/mol. The molecule has 0 amide bonds. The van der Waals surface area contributed by atoms with E-state index in [1.54, 1.807) is 35.3 Å². The number of benzene rings is 2. The molecule has 4 aromatic rings. The van der Waals surface area contributed by atoms with Gasteiger partial charge >= 0.3 is 0 Å². The van der Waals surface area contributed by atoms with Crippen LogP contribution in [0.3, 0.4) is 0 Å². The molecule has 0 spiro atoms. The van der Waals surface area contributed by atoms with Gasteiger partial charge in [-0.3, -0.25) is 0 Å². The zero-order chi connectivity index (χ0) is 17.9. The van der Waals surface area contributed by atoms with Crippen LogP contribution in [0.4, 0.5) is 4.39 Å². The van der Waals surface area contributed by atoms with Gasteiger partial charge in [-0.15, -0.1) is 0 Å². The second-order valence-corrected chi connectivity index (χ2v) is 5.85. The lowest BCUT2D eigenvalue weighted by Gasteiger charge is -2.12. The topological polar surface area (TPSA) is 64.1 Å². The number of imidazole rings is 1. The van der Waals surface area contributed by atoms with Gasteiger partial charge in [0.15, 0.2) is 5.76 Å². The Bertz CT molecular complexity index is 993. The maximum absolute atomic E-state index is 13.0. The number of aliphatic hydroxyl groups is 1. The lowest BCUT2D eigenvalue weighted by Crippen LogP contribution is -2.10. The van der Waals surface area contributed by atoms with Crippen LogP contribution in [-0.2, 0) is 6.54 Å². The average molecular weight is 349 g/mol. The number of halogens is 1. The van der Waals surface area contributed by atoms with Gasteiger partial charge in [0.25, 0.3) is 0 Å². The van der Waals surface area contributed by atoms with E-state index in [1.165, 1.54) is 12.1 Å². The summed E-state index contributed by atoms with van der Waals surface area (Å²) in [6, 6.07) is 15.4. The molecule has 2 heterocycles. The minimum absolute atomic E-state index is 0.300. The monoisotopic (exact) mass is 349 g/mol. The quantitative estimate of drug-likeness (QED) is 0.595. The van der Waals surface area contributed by atoms with Gasteiger partial charge in [0.1, 0.15) is 24.3 Å². The molecular weight excluding hydrogens is 333 g/mol. The summed E-state index contributed by atoms with van der Waals surface area (Å²) in [5.74, 6) is 1.25. The van der Waals surface area contributed by atoms with Gasteiger partial charge in [0.05, 0.1) is 6.20 Å². The van der Waals surface area contributed by atoms with Crippen LogP contribution in [0.5, 0.6) is 0 Å². The SMILES string of the molecule is OC(c1ccccc1)c1nccn1Cc1ncc(-c2ccc(F)cc2)o1. The highest BCUT2D eigenvalue weighted by Crippen LogP contribution is 2.23. The Morgan fingerprint density at radius 2 is 1.81 bits per heavy atom. The fourth-order valence-corrected chi connectivity index (χ4v) is 2.76. The highest BCUT2D eigenvalue weighted by molar-refractivity contribution is 5.55. The summed E-state index contributed by atoms with van der Waals surface area (Å²) in [6.07, 6.45) is 4.17. The predicted octanol–water partition coefficient (Wildman–Crippen LogP) is 3.81. The van der Waals surface area contributed by atoms with Crippen LogP contribution in [0, 0.1) is 5.82 Å². The normalized spacial score (nSPS) is 12.2. The maximum atomic E-state index is 13.0. The first kappa shape index (κ1) is 16.2. The molecule has 0 bridgehead atoms. The van der Waals surface area contributed by atoms with Crippen molar-refractivity contribution in [3.8, 4) is 11.3 Å². The number of rotatable bonds is 5. The van der Waals surface area contributed by atoms with E-state index in [2.05, 4.69) is 9.97 Å². The standard InChI is InChI=1S/C20H16FN3O2/c21-16-8-6-14(7-9-16)17-12-23-18(26-17)13-24-11-10-22-20(24)19(25)15-4-2-1-3-5-15/h1-12,19,25H,13H2. The molecule has 26 heavy (non-hydrogen) atoms. The van der Waals surface area contributed by atoms with Crippen LogP contribution in [0.1, 0.15) is 23.4 Å². The van der Waals surface area contributed by atoms with E-state index in [1.807, 2.05) is 30.3 Å². The lowest BCUT2D eigenvalue weighted by molar-refractivity contribution is 0.204. The van der Waals surface area contributed by atoms with Gasteiger partial charge in [0.2, 0.25) is 5.89 Å². The van der Waals surface area contributed by atoms with Crippen molar-refractivity contribution in [2.75, 3.05) is 0 Å². The molecule has 0 saturated carbocycles. The zero-order valence-electron chi connectivity index (χ0n) is 13.8. The average Bonchev–Trinajstić information content (AvgIpc) is 3.33. The molecule has 0 aliphatic heterocycles. The fourth-order valence-electron chi connectivity index (χ4n) is 2.76. The van der Waals surface area contributed by atoms with Crippen molar-refractivity contribution < 1.29 is 13.9 Å². The molecule has 0 fully saturated rings. The Balaban J connectivity index is 1.56. The van der Waals surface area contributed by atoms with Crippen molar-refractivity contribution in [1.82, 2.24) is 14.5 Å². The number of hydrogen-bond acceptors (Lipinski definition) is 4. The third kappa shape index (κ3) is 3.27. The number of oxazole rings is 1. The Morgan fingerprint density at radius 3 is 2.58 bits per heavy atom. The molecule has 6 heteroatoms. The van der Waals surface area contributed by atoms with Crippen LogP contribution in [0.15, 0.2) is 77.6 Å². The molecule has 4 rings (SSSR count). The van der Waals surface area contributed by atoms with Gasteiger partial charge < -0.3 is 14.1 Å². The first-order valence-corrected chi connectivity index (χ1v) is 8.15. The molecule has 1 atom stereocenters. The van der Waals surface area contributed by atoms with Crippen molar-refractivity contribution in [3.05, 3.63) is 96.3 Å². The van der Waals surface area contributed by atoms with Crippen LogP contribution in [-0.4, -0.2) is 19.6 Å². The minimum Gasteiger partial charge on any atom is -0.439 e. The van der Waals surface area contributed by atoms with Crippen LogP contribution in [0.2, 0.25) is 0 Å². The van der Waals surface area contributed by atoms with E-state index in [-0.39, 0.29) is 5.82 Å². The minimum atomic E-state index is -0.835. The van der Waals surface area contributed by atoms with E-state index >= 15 is 0 Å². The lowest BCUT2D eigenvalue weighted by atomic mass is 10.1. The highest BCUT2D eigenvalue weighted by atomic mass is 19.1. The van der Waals surface area contributed by atoms with E-state index in [4.69, 9.17) is 4.42 Å². The number of nitrogens with zero attached hydrogens (tertiary/aromatic N) is 3. The van der Waals surface area contributed by atoms with Gasteiger partial charge in [-0.05, 0) is 29.8 Å². The zero-order valence-corrected chi connectivity index (χ0v) is 13.8. The van der Waals surface area contributed by atoms with Crippen LogP contribution in [0.25, 0.3) is 11.3 Å². The maximum Gasteiger partial charge on any atom is 0.214 e. The molecular formula is C20H16FN3O2. The second-order valence-electron chi connectivity index (χ2n) is 5.85. The highest BCUT2D eigenvalue weighted by Gasteiger charge is 2.17. The molecule has 5 nitrogen and oxygen atoms in total. The molecule has 1 N–H and O–H groups in total. The third-order valence-corrected chi connectivity index (χ3v) is 4.10. The van der Waals surface area contributed by atoms with E-state index < -0.39 is 6.10 Å². The number of aromatic nitrogens is 3. The Labute approximate surface area is 149 Å². The summed E-state index contributed by atoms with van der Waals surface area (Å²) in [4.78, 5) is 8.54. The number of aliphatic hydroxyl groups excluding tert-OH is 1. The fraction of sp³-hybridized carbons (Fsp3) is 0.100. The summed E-state index contributed by atoms with van der Waals surface area (Å²) in [7, 11) is 0. The Morgan fingerprint density at radius 1 is 1.04 bits per heavy atom. The molecule has 0 saturated heterocycles. The molecule has 2 aromatic carbocycles. The molecule has 0 radical (unpaired) electrons. The van der Waals surface area contributed by atoms with Crippen molar-refractivity contribution in [2.45, 2.75) is 12.6 Å². The van der Waals surface area contributed by atoms with Crippen LogP contribution >= 0.6 is 0 Å². The first-order chi connectivity index (χ1) is 12.7. The van der Waals surface area contributed by atoms with E-state index in [0.29, 0.717) is 24.0 Å². The smallest absolute Gasteiger partial charge is 0.214 e. The Hall–Kier alpha value is -3.25. The number of hydrogen-bond donors (Lipinski definition) is 1. The third-order valence-electron chi connectivity index (χ3n) is 4.10. The first-order valence-electron chi connectivity index (χ1n) is 8.15. The summed E-state index contributed by atoms with van der Waals surface area (Å²) < 4.78 is 20.6. The van der Waals surface area contributed by atoms with Crippen molar-refractivity contribution >= 4 is 0 Å². The van der Waals surface area contributed by atoms with E-state index in [9.17, 15) is 9.50 Å². The van der Waals surface area contributed by atoms with Crippen molar-refractivity contribution in [3.63, 3.8) is 0 Å². The molecule has 1 unspecified atom stereocenters. The Kier molecular flexibility index (Phi) is 4.33. The summed E-state index contributed by atoms with van der Waals surface area (Å²) in [5.41, 5.74) is 1.51. The van der Waals surface area contributed by atoms with Crippen molar-refractivity contribution in [2.24, 2.45) is 0 Å². The summed E-state index contributed by atoms with van der Waals surface area (Å²) >= 11 is 0. The molecule has 0 aliphatic rings. The largest absolute Gasteiger partial charge is 0.439 e. The molecule has 2 aromatic heterocycles. The van der Waals surface area contributed by atoms with E-state index in [0.717, 1.165) is 11.1 Å². The molecule has 130 valence electrons. The van der Waals surface area contributed by atoms with Gasteiger partial charge in [-0.1, -0.05) is 30.3 Å². The van der Waals surface area contributed by atoms with Gasteiger partial charge in [-0.2, -0.15) is 0 Å². The van der Waals surface area contributed by atoms with Crippen LogP contribution < -0.4 is 0 Å². The van der Waals surface area contributed by atoms with Gasteiger partial charge in [-0.25, -0.2) is 14.4 Å². The molecule has 0 aliphatic carbocycles. The van der Waals surface area contributed by atoms with Gasteiger partial charge in [0, 0.05) is 18.0 Å². The van der Waals surface area contributed by atoms with Crippen molar-refractivity contribution in [1.29, 1.82) is 0 Å². The summed E-state index contributed by atoms with van der Waals surface area (Å²) in [5, 5.41) is 10.6. The summed E-state index contributed by atoms with van der Waals surface area (Å²) in [6.45, 7) is 0.334. The second kappa shape index (κ2) is 6.93.